The predicted octanol–water partition coefficient (Wildman–Crippen LogP) is -2.09. The van der Waals surface area contributed by atoms with Gasteiger partial charge in [-0.3, -0.25) is 19.2 Å². The highest BCUT2D eigenvalue weighted by atomic mass is 32.2. The van der Waals surface area contributed by atoms with Gasteiger partial charge in [0.2, 0.25) is 23.6 Å². The van der Waals surface area contributed by atoms with Crippen molar-refractivity contribution < 1.29 is 34.2 Å². The molecule has 0 heterocycles. The van der Waals surface area contributed by atoms with Crippen LogP contribution in [0.2, 0.25) is 0 Å². The molecule has 0 aliphatic carbocycles. The van der Waals surface area contributed by atoms with Crippen molar-refractivity contribution in [3.63, 3.8) is 0 Å². The van der Waals surface area contributed by atoms with Crippen LogP contribution in [0, 0.1) is 5.92 Å². The van der Waals surface area contributed by atoms with E-state index in [1.165, 1.54) is 18.7 Å². The number of nitrogens with one attached hydrogen (secondary N) is 3. The molecule has 9 N–H and O–H groups in total. The Bertz CT molecular complexity index is 674. The third-order valence-corrected chi connectivity index (χ3v) is 5.25. The summed E-state index contributed by atoms with van der Waals surface area (Å²) in [4.78, 5) is 60.3. The zero-order chi connectivity index (χ0) is 25.0. The van der Waals surface area contributed by atoms with Crippen LogP contribution in [0.25, 0.3) is 0 Å². The SMILES string of the molecule is CSCCC(NC(=O)C(CCC(N)=O)NC(=O)C(NC(=O)C(N)C(C)O)C(C)C)C(=O)O. The van der Waals surface area contributed by atoms with Gasteiger partial charge in [-0.05, 0) is 37.7 Å². The molecule has 0 fully saturated rings. The molecule has 32 heavy (non-hydrogen) atoms. The predicted molar refractivity (Wildman–Crippen MR) is 119 cm³/mol. The summed E-state index contributed by atoms with van der Waals surface area (Å²) in [5.41, 5.74) is 10.7. The molecule has 184 valence electrons. The van der Waals surface area contributed by atoms with Crippen molar-refractivity contribution in [1.82, 2.24) is 16.0 Å². The standard InChI is InChI=1S/C19H35N5O7S/c1-9(2)15(24-17(28)14(21)10(3)25)18(29)22-11(5-6-13(20)26)16(27)23-12(19(30)31)7-8-32-4/h9-12,14-15,25H,5-8,21H2,1-4H3,(H2,20,26)(H,22,29)(H,23,27)(H,24,28)(H,30,31). The first-order chi connectivity index (χ1) is 14.8. The monoisotopic (exact) mass is 477 g/mol. The molecule has 0 radical (unpaired) electrons. The Morgan fingerprint density at radius 2 is 1.47 bits per heavy atom. The van der Waals surface area contributed by atoms with Gasteiger partial charge in [-0.25, -0.2) is 4.79 Å². The van der Waals surface area contributed by atoms with Crippen LogP contribution in [0.4, 0.5) is 0 Å². The van der Waals surface area contributed by atoms with Crippen molar-refractivity contribution in [3.05, 3.63) is 0 Å². The van der Waals surface area contributed by atoms with Crippen molar-refractivity contribution >= 4 is 41.4 Å². The van der Waals surface area contributed by atoms with Gasteiger partial charge in [0, 0.05) is 6.42 Å². The van der Waals surface area contributed by atoms with Crippen LogP contribution < -0.4 is 27.4 Å². The number of carbonyl (C=O) groups excluding carboxylic acids is 4. The molecule has 0 saturated heterocycles. The minimum atomic E-state index is -1.26. The molecule has 0 bridgehead atoms. The summed E-state index contributed by atoms with van der Waals surface area (Å²) in [6.07, 6.45) is 0.426. The summed E-state index contributed by atoms with van der Waals surface area (Å²) in [7, 11) is 0. The highest BCUT2D eigenvalue weighted by molar-refractivity contribution is 7.98. The molecule has 5 unspecified atom stereocenters. The van der Waals surface area contributed by atoms with Gasteiger partial charge in [0.1, 0.15) is 24.2 Å². The topological polar surface area (TPSA) is 214 Å². The van der Waals surface area contributed by atoms with Gasteiger partial charge < -0.3 is 37.6 Å². The zero-order valence-electron chi connectivity index (χ0n) is 18.8. The number of aliphatic hydroxyl groups is 1. The fraction of sp³-hybridized carbons (Fsp3) is 0.737. The lowest BCUT2D eigenvalue weighted by Gasteiger charge is -2.27. The highest BCUT2D eigenvalue weighted by Gasteiger charge is 2.32. The number of nitrogens with two attached hydrogens (primary N) is 2. The lowest BCUT2D eigenvalue weighted by Crippen LogP contribution is -2.59. The molecule has 0 aliphatic heterocycles. The van der Waals surface area contributed by atoms with Crippen molar-refractivity contribution in [3.8, 4) is 0 Å². The molecule has 4 amide bonds. The van der Waals surface area contributed by atoms with Crippen LogP contribution in [-0.2, 0) is 24.0 Å². The number of amides is 4. The summed E-state index contributed by atoms with van der Waals surface area (Å²) in [5.74, 6) is -4.13. The Labute approximate surface area is 191 Å². The molecule has 0 aromatic carbocycles. The number of thioether (sulfide) groups is 1. The second-order valence-corrected chi connectivity index (χ2v) is 8.73. The van der Waals surface area contributed by atoms with Gasteiger partial charge >= 0.3 is 5.97 Å². The average molecular weight is 478 g/mol. The Hall–Kier alpha value is -2.38. The third-order valence-electron chi connectivity index (χ3n) is 4.61. The maximum absolute atomic E-state index is 12.8. The molecule has 0 saturated carbocycles. The van der Waals surface area contributed by atoms with E-state index < -0.39 is 65.8 Å². The molecule has 5 atom stereocenters. The van der Waals surface area contributed by atoms with Crippen LogP contribution in [0.1, 0.15) is 40.0 Å². The Balaban J connectivity index is 5.47. The van der Waals surface area contributed by atoms with Gasteiger partial charge in [-0.15, -0.1) is 0 Å². The van der Waals surface area contributed by atoms with E-state index in [-0.39, 0.29) is 19.3 Å². The Morgan fingerprint density at radius 1 is 0.906 bits per heavy atom. The maximum atomic E-state index is 12.8. The first-order valence-corrected chi connectivity index (χ1v) is 11.6. The van der Waals surface area contributed by atoms with E-state index in [1.807, 2.05) is 0 Å². The van der Waals surface area contributed by atoms with E-state index in [0.29, 0.717) is 5.75 Å². The van der Waals surface area contributed by atoms with E-state index in [4.69, 9.17) is 11.5 Å². The van der Waals surface area contributed by atoms with Gasteiger partial charge in [-0.2, -0.15) is 11.8 Å². The number of hydrogen-bond donors (Lipinski definition) is 7. The van der Waals surface area contributed by atoms with E-state index in [1.54, 1.807) is 20.1 Å². The minimum absolute atomic E-state index is 0.159. The smallest absolute Gasteiger partial charge is 0.326 e. The molecule has 0 aromatic rings. The molecule has 0 aliphatic rings. The van der Waals surface area contributed by atoms with E-state index in [0.717, 1.165) is 0 Å². The van der Waals surface area contributed by atoms with Crippen LogP contribution in [-0.4, -0.2) is 82.1 Å². The summed E-state index contributed by atoms with van der Waals surface area (Å²) < 4.78 is 0. The molecular formula is C19H35N5O7S. The Kier molecular flexibility index (Phi) is 13.5. The summed E-state index contributed by atoms with van der Waals surface area (Å²) in [5, 5.41) is 26.1. The van der Waals surface area contributed by atoms with Gasteiger partial charge in [-0.1, -0.05) is 13.8 Å². The fourth-order valence-corrected chi connectivity index (χ4v) is 3.06. The zero-order valence-corrected chi connectivity index (χ0v) is 19.6. The number of aliphatic hydroxyl groups excluding tert-OH is 1. The lowest BCUT2D eigenvalue weighted by molar-refractivity contribution is -0.142. The first kappa shape index (κ1) is 29.6. The number of rotatable bonds is 15. The summed E-state index contributed by atoms with van der Waals surface area (Å²) >= 11 is 1.41. The van der Waals surface area contributed by atoms with Crippen molar-refractivity contribution in [2.24, 2.45) is 17.4 Å². The van der Waals surface area contributed by atoms with E-state index in [9.17, 15) is 34.2 Å². The second-order valence-electron chi connectivity index (χ2n) is 7.74. The number of primary amides is 1. The molecule has 0 aromatic heterocycles. The number of carboxylic acids is 1. The highest BCUT2D eigenvalue weighted by Crippen LogP contribution is 2.07. The first-order valence-electron chi connectivity index (χ1n) is 10.2. The van der Waals surface area contributed by atoms with Crippen LogP contribution in [0.15, 0.2) is 0 Å². The minimum Gasteiger partial charge on any atom is -0.480 e. The number of hydrogen-bond acceptors (Lipinski definition) is 8. The number of carbonyl (C=O) groups is 5. The molecule has 0 spiro atoms. The van der Waals surface area contributed by atoms with Crippen molar-refractivity contribution in [1.29, 1.82) is 0 Å². The average Bonchev–Trinajstić information content (AvgIpc) is 2.70. The third kappa shape index (κ3) is 10.8. The Morgan fingerprint density at radius 3 is 1.91 bits per heavy atom. The van der Waals surface area contributed by atoms with Crippen LogP contribution in [0.5, 0.6) is 0 Å². The van der Waals surface area contributed by atoms with Crippen molar-refractivity contribution in [2.75, 3.05) is 12.0 Å². The van der Waals surface area contributed by atoms with E-state index >= 15 is 0 Å². The van der Waals surface area contributed by atoms with E-state index in [2.05, 4.69) is 16.0 Å². The molecule has 0 rings (SSSR count). The number of aliphatic carboxylic acids is 1. The quantitative estimate of drug-likeness (QED) is 0.137. The fourth-order valence-electron chi connectivity index (χ4n) is 2.59. The molecule has 12 nitrogen and oxygen atoms in total. The lowest BCUT2D eigenvalue weighted by atomic mass is 10.0. The largest absolute Gasteiger partial charge is 0.480 e. The molecule has 13 heteroatoms. The van der Waals surface area contributed by atoms with Gasteiger partial charge in [0.15, 0.2) is 0 Å². The summed E-state index contributed by atoms with van der Waals surface area (Å²) in [6.45, 7) is 4.63. The summed E-state index contributed by atoms with van der Waals surface area (Å²) in [6, 6.07) is -4.78. The normalized spacial score (nSPS) is 15.7. The van der Waals surface area contributed by atoms with Crippen molar-refractivity contribution in [2.45, 2.75) is 70.3 Å². The second kappa shape index (κ2) is 14.6. The van der Waals surface area contributed by atoms with Gasteiger partial charge in [0.05, 0.1) is 6.10 Å². The number of carboxylic acid groups (broad SMARTS) is 1. The van der Waals surface area contributed by atoms with Gasteiger partial charge in [0.25, 0.3) is 0 Å². The molecular weight excluding hydrogens is 442 g/mol. The van der Waals surface area contributed by atoms with Crippen LogP contribution >= 0.6 is 11.8 Å². The maximum Gasteiger partial charge on any atom is 0.326 e. The van der Waals surface area contributed by atoms with Crippen LogP contribution in [0.3, 0.4) is 0 Å².